The third-order valence-corrected chi connectivity index (χ3v) is 1.18. The Morgan fingerprint density at radius 1 is 1.53 bits per heavy atom. The van der Waals surface area contributed by atoms with Crippen LogP contribution in [0.1, 0.15) is 13.3 Å². The molecule has 0 aliphatic heterocycles. The summed E-state index contributed by atoms with van der Waals surface area (Å²) >= 11 is 0. The number of rotatable bonds is 6. The van der Waals surface area contributed by atoms with Crippen molar-refractivity contribution in [3.05, 3.63) is 12.7 Å². The zero-order valence-corrected chi connectivity index (χ0v) is 8.56. The molecule has 0 atom stereocenters. The minimum absolute atomic E-state index is 0.0669. The van der Waals surface area contributed by atoms with Gasteiger partial charge in [0.1, 0.15) is 6.61 Å². The summed E-state index contributed by atoms with van der Waals surface area (Å²) in [6, 6.07) is 0. The van der Waals surface area contributed by atoms with E-state index in [9.17, 15) is 9.59 Å². The Balaban J connectivity index is 3.43. The van der Waals surface area contributed by atoms with Gasteiger partial charge >= 0.3 is 12.1 Å². The van der Waals surface area contributed by atoms with Crippen LogP contribution in [-0.4, -0.2) is 31.4 Å². The summed E-state index contributed by atoms with van der Waals surface area (Å²) in [5, 5.41) is 5.69. The van der Waals surface area contributed by atoms with E-state index >= 15 is 0 Å². The average Bonchev–Trinajstić information content (AvgIpc) is 2.24. The van der Waals surface area contributed by atoms with Crippen LogP contribution in [0.25, 0.3) is 0 Å². The molecular formula is C9H14N2O4. The predicted molar refractivity (Wildman–Crippen MR) is 54.4 cm³/mol. The Labute approximate surface area is 87.9 Å². The monoisotopic (exact) mass is 214 g/mol. The van der Waals surface area contributed by atoms with Crippen LogP contribution >= 0.6 is 0 Å². The first-order valence-corrected chi connectivity index (χ1v) is 4.46. The molecule has 6 heteroatoms. The maximum Gasteiger partial charge on any atom is 0.433 e. The van der Waals surface area contributed by atoms with Crippen LogP contribution < -0.4 is 5.32 Å². The molecule has 15 heavy (non-hydrogen) atoms. The van der Waals surface area contributed by atoms with Gasteiger partial charge in [0.2, 0.25) is 0 Å². The van der Waals surface area contributed by atoms with Gasteiger partial charge in [0.15, 0.2) is 0 Å². The van der Waals surface area contributed by atoms with Crippen LogP contribution in [-0.2, 0) is 14.4 Å². The van der Waals surface area contributed by atoms with Crippen LogP contribution in [0.2, 0.25) is 0 Å². The van der Waals surface area contributed by atoms with Gasteiger partial charge in [-0.1, -0.05) is 18.7 Å². The lowest BCUT2D eigenvalue weighted by Gasteiger charge is -2.02. The summed E-state index contributed by atoms with van der Waals surface area (Å²) in [6.07, 6.45) is 2.50. The van der Waals surface area contributed by atoms with Crippen molar-refractivity contribution in [2.75, 3.05) is 13.2 Å². The Hall–Kier alpha value is -1.85. The van der Waals surface area contributed by atoms with E-state index in [1.165, 1.54) is 6.21 Å². The molecular weight excluding hydrogens is 200 g/mol. The van der Waals surface area contributed by atoms with E-state index in [0.717, 1.165) is 6.08 Å². The first-order chi connectivity index (χ1) is 7.20. The molecule has 0 saturated heterocycles. The van der Waals surface area contributed by atoms with Crippen molar-refractivity contribution >= 4 is 18.3 Å². The van der Waals surface area contributed by atoms with Gasteiger partial charge in [0.05, 0.1) is 6.54 Å². The fourth-order valence-corrected chi connectivity index (χ4v) is 0.556. The molecule has 0 radical (unpaired) electrons. The summed E-state index contributed by atoms with van der Waals surface area (Å²) in [6.45, 7) is 5.31. The first kappa shape index (κ1) is 13.2. The standard InChI is InChI=1S/C9H14N2O4/c1-3-5-11-15-9(13)10-6-7-14-8(12)4-2/h4-5H,2-3,6-7H2,1H3,(H,10,13)/b11-5+. The van der Waals surface area contributed by atoms with Gasteiger partial charge in [0.25, 0.3) is 0 Å². The molecule has 1 N–H and O–H groups in total. The van der Waals surface area contributed by atoms with Gasteiger partial charge in [-0.05, 0) is 6.42 Å². The molecule has 84 valence electrons. The van der Waals surface area contributed by atoms with Crippen LogP contribution in [0.5, 0.6) is 0 Å². The van der Waals surface area contributed by atoms with Gasteiger partial charge in [-0.15, -0.1) is 0 Å². The van der Waals surface area contributed by atoms with Crippen molar-refractivity contribution in [3.63, 3.8) is 0 Å². The Bertz CT molecular complexity index is 250. The van der Waals surface area contributed by atoms with Crippen molar-refractivity contribution in [1.29, 1.82) is 0 Å². The van der Waals surface area contributed by atoms with Gasteiger partial charge < -0.3 is 10.1 Å². The summed E-state index contributed by atoms with van der Waals surface area (Å²) < 4.78 is 4.60. The molecule has 0 aromatic heterocycles. The topological polar surface area (TPSA) is 77.0 Å². The van der Waals surface area contributed by atoms with Crippen LogP contribution in [0, 0.1) is 0 Å². The number of amides is 1. The van der Waals surface area contributed by atoms with E-state index in [1.54, 1.807) is 0 Å². The average molecular weight is 214 g/mol. The highest BCUT2D eigenvalue weighted by Crippen LogP contribution is 1.81. The number of nitrogens with one attached hydrogen (secondary N) is 1. The molecule has 0 aromatic carbocycles. The number of carbonyl (C=O) groups excluding carboxylic acids is 2. The van der Waals surface area contributed by atoms with Gasteiger partial charge in [-0.3, -0.25) is 4.84 Å². The second-order valence-corrected chi connectivity index (χ2v) is 2.37. The number of hydrogen-bond acceptors (Lipinski definition) is 5. The molecule has 0 bridgehead atoms. The summed E-state index contributed by atoms with van der Waals surface area (Å²) in [7, 11) is 0. The second-order valence-electron chi connectivity index (χ2n) is 2.37. The SMILES string of the molecule is C=CC(=O)OCCNC(=O)O/N=C/CC. The Kier molecular flexibility index (Phi) is 7.66. The molecule has 0 spiro atoms. The van der Waals surface area contributed by atoms with E-state index in [2.05, 4.69) is 26.6 Å². The minimum atomic E-state index is -0.686. The third-order valence-electron chi connectivity index (χ3n) is 1.18. The number of hydrogen-bond donors (Lipinski definition) is 1. The number of esters is 1. The number of oxime groups is 1. The Morgan fingerprint density at radius 3 is 2.87 bits per heavy atom. The highest BCUT2D eigenvalue weighted by atomic mass is 16.7. The van der Waals surface area contributed by atoms with E-state index in [1.807, 2.05) is 6.92 Å². The quantitative estimate of drug-likeness (QED) is 0.177. The zero-order valence-electron chi connectivity index (χ0n) is 8.56. The Morgan fingerprint density at radius 2 is 2.27 bits per heavy atom. The van der Waals surface area contributed by atoms with Gasteiger partial charge in [-0.25, -0.2) is 9.59 Å². The van der Waals surface area contributed by atoms with E-state index < -0.39 is 12.1 Å². The number of carbonyl (C=O) groups is 2. The lowest BCUT2D eigenvalue weighted by molar-refractivity contribution is -0.137. The lowest BCUT2D eigenvalue weighted by atomic mass is 10.6. The van der Waals surface area contributed by atoms with Crippen molar-refractivity contribution in [2.24, 2.45) is 5.16 Å². The van der Waals surface area contributed by atoms with E-state index in [0.29, 0.717) is 6.42 Å². The predicted octanol–water partition coefficient (Wildman–Crippen LogP) is 0.838. The van der Waals surface area contributed by atoms with Gasteiger partial charge in [0, 0.05) is 12.3 Å². The molecule has 0 heterocycles. The van der Waals surface area contributed by atoms with Crippen LogP contribution in [0.4, 0.5) is 4.79 Å². The first-order valence-electron chi connectivity index (χ1n) is 4.46. The van der Waals surface area contributed by atoms with Crippen molar-refractivity contribution < 1.29 is 19.2 Å². The molecule has 0 unspecified atom stereocenters. The highest BCUT2D eigenvalue weighted by Gasteiger charge is 2.00. The van der Waals surface area contributed by atoms with Crippen molar-refractivity contribution in [3.8, 4) is 0 Å². The molecule has 6 nitrogen and oxygen atoms in total. The fraction of sp³-hybridized carbons (Fsp3) is 0.444. The molecule has 1 amide bonds. The van der Waals surface area contributed by atoms with Crippen LogP contribution in [0.3, 0.4) is 0 Å². The molecule has 0 rings (SSSR count). The van der Waals surface area contributed by atoms with Gasteiger partial charge in [-0.2, -0.15) is 0 Å². The summed E-state index contributed by atoms with van der Waals surface area (Å²) in [5.41, 5.74) is 0. The van der Waals surface area contributed by atoms with Crippen molar-refractivity contribution in [2.45, 2.75) is 13.3 Å². The fourth-order valence-electron chi connectivity index (χ4n) is 0.556. The maximum absolute atomic E-state index is 10.8. The summed E-state index contributed by atoms with van der Waals surface area (Å²) in [5.74, 6) is -0.533. The smallest absolute Gasteiger partial charge is 0.433 e. The number of ether oxygens (including phenoxy) is 1. The van der Waals surface area contributed by atoms with Crippen molar-refractivity contribution in [1.82, 2.24) is 5.32 Å². The van der Waals surface area contributed by atoms with E-state index in [-0.39, 0.29) is 13.2 Å². The second kappa shape index (κ2) is 8.74. The molecule has 0 aliphatic carbocycles. The highest BCUT2D eigenvalue weighted by molar-refractivity contribution is 5.81. The number of nitrogens with zero attached hydrogens (tertiary/aromatic N) is 1. The largest absolute Gasteiger partial charge is 0.461 e. The normalized spacial score (nSPS) is 9.67. The molecule has 0 aliphatic rings. The molecule has 0 saturated carbocycles. The third kappa shape index (κ3) is 8.48. The van der Waals surface area contributed by atoms with E-state index in [4.69, 9.17) is 0 Å². The summed E-state index contributed by atoms with van der Waals surface area (Å²) in [4.78, 5) is 25.8. The van der Waals surface area contributed by atoms with Crippen LogP contribution in [0.15, 0.2) is 17.8 Å². The molecule has 0 aromatic rings. The lowest BCUT2D eigenvalue weighted by Crippen LogP contribution is -2.27. The molecule has 0 fully saturated rings. The minimum Gasteiger partial charge on any atom is -0.461 e. The maximum atomic E-state index is 10.8. The zero-order chi connectivity index (χ0) is 11.5.